The molecule has 0 saturated carbocycles. The Morgan fingerprint density at radius 2 is 1.83 bits per heavy atom. The monoisotopic (exact) mass is 316 g/mol. The number of nitrogens with zero attached hydrogens (tertiary/aromatic N) is 1. The van der Waals surface area contributed by atoms with Crippen LogP contribution in [0.15, 0.2) is 36.5 Å². The van der Waals surface area contributed by atoms with E-state index in [0.717, 1.165) is 0 Å². The highest BCUT2D eigenvalue weighted by molar-refractivity contribution is 5.93. The molecule has 1 aromatic carbocycles. The van der Waals surface area contributed by atoms with E-state index in [1.54, 1.807) is 18.2 Å². The lowest BCUT2D eigenvalue weighted by Gasteiger charge is -2.11. The van der Waals surface area contributed by atoms with E-state index in [0.29, 0.717) is 17.2 Å². The molecule has 2 rings (SSSR count). The molecular weight excluding hydrogens is 300 g/mol. The predicted molar refractivity (Wildman–Crippen MR) is 82.0 cm³/mol. The second kappa shape index (κ2) is 7.26. The van der Waals surface area contributed by atoms with Gasteiger partial charge < -0.3 is 19.5 Å². The van der Waals surface area contributed by atoms with E-state index in [4.69, 9.17) is 14.2 Å². The third-order valence-electron chi connectivity index (χ3n) is 3.00. The average Bonchev–Trinajstić information content (AvgIpc) is 2.60. The smallest absolute Gasteiger partial charge is 0.341 e. The third kappa shape index (κ3) is 3.76. The lowest BCUT2D eigenvalue weighted by molar-refractivity contribution is 0.0596. The van der Waals surface area contributed by atoms with Gasteiger partial charge in [-0.25, -0.2) is 4.79 Å². The molecule has 7 heteroatoms. The molecule has 2 aromatic rings. The van der Waals surface area contributed by atoms with Crippen molar-refractivity contribution in [3.63, 3.8) is 0 Å². The molecule has 7 nitrogen and oxygen atoms in total. The van der Waals surface area contributed by atoms with Gasteiger partial charge in [0.05, 0.1) is 14.2 Å². The maximum Gasteiger partial charge on any atom is 0.341 e. The van der Waals surface area contributed by atoms with E-state index in [9.17, 15) is 9.59 Å². The van der Waals surface area contributed by atoms with Gasteiger partial charge in [0.15, 0.2) is 0 Å². The Kier molecular flexibility index (Phi) is 5.14. The van der Waals surface area contributed by atoms with Crippen molar-refractivity contribution >= 4 is 11.9 Å². The minimum atomic E-state index is -0.534. The van der Waals surface area contributed by atoms with E-state index in [1.807, 2.05) is 0 Å². The number of rotatable bonds is 5. The molecule has 0 atom stereocenters. The molecule has 1 amide bonds. The van der Waals surface area contributed by atoms with Gasteiger partial charge in [0.2, 0.25) is 0 Å². The number of carbonyl (C=O) groups excluding carboxylic acids is 2. The highest BCUT2D eigenvalue weighted by Gasteiger charge is 2.14. The van der Waals surface area contributed by atoms with Crippen molar-refractivity contribution in [2.24, 2.45) is 0 Å². The fourth-order valence-electron chi connectivity index (χ4n) is 1.88. The summed E-state index contributed by atoms with van der Waals surface area (Å²) in [6, 6.07) is 7.85. The molecule has 0 radical (unpaired) electrons. The van der Waals surface area contributed by atoms with Gasteiger partial charge in [-0.2, -0.15) is 0 Å². The number of hydrogen-bond donors (Lipinski definition) is 1. The van der Waals surface area contributed by atoms with Crippen LogP contribution in [0.2, 0.25) is 0 Å². The summed E-state index contributed by atoms with van der Waals surface area (Å²) in [6.07, 6.45) is 1.46. The van der Waals surface area contributed by atoms with E-state index in [-0.39, 0.29) is 17.2 Å². The first-order valence-corrected chi connectivity index (χ1v) is 6.71. The standard InChI is InChI=1S/C16H16N2O5/c1-17-15(19)13-9-11(6-7-18-13)23-10-4-5-14(21-2)12(8-10)16(20)22-3/h4-9H,1-3H3,(H,17,19). The van der Waals surface area contributed by atoms with Crippen LogP contribution in [0, 0.1) is 0 Å². The van der Waals surface area contributed by atoms with E-state index < -0.39 is 5.97 Å². The Bertz CT molecular complexity index is 730. The molecule has 0 fully saturated rings. The summed E-state index contributed by atoms with van der Waals surface area (Å²) in [5.41, 5.74) is 0.472. The summed E-state index contributed by atoms with van der Waals surface area (Å²) in [4.78, 5) is 27.3. The van der Waals surface area contributed by atoms with Gasteiger partial charge in [0.25, 0.3) is 5.91 Å². The van der Waals surface area contributed by atoms with E-state index >= 15 is 0 Å². The molecule has 1 N–H and O–H groups in total. The Labute approximate surface area is 133 Å². The van der Waals surface area contributed by atoms with Crippen LogP contribution in [0.5, 0.6) is 17.2 Å². The zero-order valence-electron chi connectivity index (χ0n) is 13.0. The highest BCUT2D eigenvalue weighted by atomic mass is 16.5. The summed E-state index contributed by atoms with van der Waals surface area (Å²) in [6.45, 7) is 0. The molecular formula is C16H16N2O5. The number of pyridine rings is 1. The van der Waals surface area contributed by atoms with Crippen molar-refractivity contribution < 1.29 is 23.8 Å². The summed E-state index contributed by atoms with van der Waals surface area (Å²) >= 11 is 0. The molecule has 0 aliphatic heterocycles. The number of ether oxygens (including phenoxy) is 3. The second-order valence-corrected chi connectivity index (χ2v) is 4.41. The minimum Gasteiger partial charge on any atom is -0.496 e. The van der Waals surface area contributed by atoms with E-state index in [2.05, 4.69) is 10.3 Å². The van der Waals surface area contributed by atoms with Crippen LogP contribution in [-0.4, -0.2) is 38.1 Å². The number of aromatic nitrogens is 1. The van der Waals surface area contributed by atoms with Crippen LogP contribution < -0.4 is 14.8 Å². The Morgan fingerprint density at radius 3 is 2.48 bits per heavy atom. The summed E-state index contributed by atoms with van der Waals surface area (Å²) in [5.74, 6) is 0.346. The van der Waals surface area contributed by atoms with Gasteiger partial charge in [-0.05, 0) is 24.3 Å². The minimum absolute atomic E-state index is 0.228. The molecule has 0 saturated heterocycles. The van der Waals surface area contributed by atoms with Crippen molar-refractivity contribution in [3.05, 3.63) is 47.8 Å². The number of benzene rings is 1. The quantitative estimate of drug-likeness (QED) is 0.849. The molecule has 120 valence electrons. The van der Waals surface area contributed by atoms with Crippen LogP contribution in [0.25, 0.3) is 0 Å². The van der Waals surface area contributed by atoms with Gasteiger partial charge in [-0.15, -0.1) is 0 Å². The fourth-order valence-corrected chi connectivity index (χ4v) is 1.88. The lowest BCUT2D eigenvalue weighted by Crippen LogP contribution is -2.18. The SMILES string of the molecule is CNC(=O)c1cc(Oc2ccc(OC)c(C(=O)OC)c2)ccn1. The van der Waals surface area contributed by atoms with Crippen molar-refractivity contribution in [2.45, 2.75) is 0 Å². The van der Waals surface area contributed by atoms with Crippen LogP contribution in [0.4, 0.5) is 0 Å². The fraction of sp³-hybridized carbons (Fsp3) is 0.188. The third-order valence-corrected chi connectivity index (χ3v) is 3.00. The van der Waals surface area contributed by atoms with Crippen LogP contribution in [-0.2, 0) is 4.74 Å². The number of carbonyl (C=O) groups is 2. The largest absolute Gasteiger partial charge is 0.496 e. The number of hydrogen-bond acceptors (Lipinski definition) is 6. The van der Waals surface area contributed by atoms with Crippen molar-refractivity contribution in [3.8, 4) is 17.2 Å². The first kappa shape index (κ1) is 16.3. The maximum absolute atomic E-state index is 11.8. The Morgan fingerprint density at radius 1 is 1.09 bits per heavy atom. The summed E-state index contributed by atoms with van der Waals surface area (Å²) in [7, 11) is 4.26. The second-order valence-electron chi connectivity index (χ2n) is 4.41. The van der Waals surface area contributed by atoms with E-state index in [1.165, 1.54) is 39.6 Å². The lowest BCUT2D eigenvalue weighted by atomic mass is 10.2. The molecule has 0 bridgehead atoms. The molecule has 23 heavy (non-hydrogen) atoms. The zero-order chi connectivity index (χ0) is 16.8. The van der Waals surface area contributed by atoms with Crippen LogP contribution in [0.1, 0.15) is 20.8 Å². The van der Waals surface area contributed by atoms with Gasteiger partial charge in [-0.3, -0.25) is 9.78 Å². The van der Waals surface area contributed by atoms with Crippen molar-refractivity contribution in [1.29, 1.82) is 0 Å². The molecule has 0 aliphatic carbocycles. The average molecular weight is 316 g/mol. The van der Waals surface area contributed by atoms with Crippen LogP contribution >= 0.6 is 0 Å². The topological polar surface area (TPSA) is 86.8 Å². The predicted octanol–water partition coefficient (Wildman–Crippen LogP) is 2.03. The summed E-state index contributed by atoms with van der Waals surface area (Å²) in [5, 5.41) is 2.48. The number of nitrogens with one attached hydrogen (secondary N) is 1. The molecule has 1 aromatic heterocycles. The molecule has 1 heterocycles. The zero-order valence-corrected chi connectivity index (χ0v) is 13.0. The Balaban J connectivity index is 2.30. The Hall–Kier alpha value is -3.09. The van der Waals surface area contributed by atoms with Crippen molar-refractivity contribution in [1.82, 2.24) is 10.3 Å². The van der Waals surface area contributed by atoms with Gasteiger partial charge in [0, 0.05) is 19.3 Å². The van der Waals surface area contributed by atoms with Gasteiger partial charge in [0.1, 0.15) is 28.5 Å². The first-order valence-electron chi connectivity index (χ1n) is 6.71. The van der Waals surface area contributed by atoms with Gasteiger partial charge in [-0.1, -0.05) is 0 Å². The molecule has 0 spiro atoms. The van der Waals surface area contributed by atoms with Crippen LogP contribution in [0.3, 0.4) is 0 Å². The molecule has 0 aliphatic rings. The normalized spacial score (nSPS) is 9.87. The first-order chi connectivity index (χ1) is 11.1. The maximum atomic E-state index is 11.8. The summed E-state index contributed by atoms with van der Waals surface area (Å²) < 4.78 is 15.5. The molecule has 0 unspecified atom stereocenters. The number of amides is 1. The van der Waals surface area contributed by atoms with Gasteiger partial charge >= 0.3 is 5.97 Å². The number of methoxy groups -OCH3 is 2. The number of esters is 1. The van der Waals surface area contributed by atoms with Crippen molar-refractivity contribution in [2.75, 3.05) is 21.3 Å². The highest BCUT2D eigenvalue weighted by Crippen LogP contribution is 2.28.